The molecule has 2 amide bonds. The van der Waals surface area contributed by atoms with Gasteiger partial charge in [0.05, 0.1) is 16.3 Å². The second-order valence-electron chi connectivity index (χ2n) is 8.38. The second-order valence-corrected chi connectivity index (χ2v) is 10.4. The Bertz CT molecular complexity index is 1220. The first kappa shape index (κ1) is 26.0. The number of aryl methyl sites for hydroxylation is 1. The van der Waals surface area contributed by atoms with Gasteiger partial charge in [0.25, 0.3) is 11.8 Å². The molecule has 1 aliphatic carbocycles. The molecule has 0 aromatic heterocycles. The number of nitrogens with two attached hydrogens (primary N) is 1. The summed E-state index contributed by atoms with van der Waals surface area (Å²) in [5.41, 5.74) is 8.76. The Balaban J connectivity index is 1.88. The lowest BCUT2D eigenvalue weighted by Crippen LogP contribution is -2.34. The number of rotatable bonds is 11. The number of carbonyl (C=O) groups excluding carboxylic acids is 2. The molecule has 0 atom stereocenters. The number of hydrogen-bond acceptors (Lipinski definition) is 7. The van der Waals surface area contributed by atoms with Crippen molar-refractivity contribution in [2.75, 3.05) is 17.8 Å². The number of allylic oxidation sites excluding steroid dienone is 1. The highest BCUT2D eigenvalue weighted by Crippen LogP contribution is 2.26. The van der Waals surface area contributed by atoms with Gasteiger partial charge in [-0.05, 0) is 74.6 Å². The fraction of sp³-hybridized carbons (Fsp3) is 0.320. The van der Waals surface area contributed by atoms with Gasteiger partial charge in [-0.15, -0.1) is 0 Å². The lowest BCUT2D eigenvalue weighted by molar-refractivity contribution is -0.117. The van der Waals surface area contributed by atoms with Crippen LogP contribution in [-0.4, -0.2) is 45.8 Å². The third-order valence-electron chi connectivity index (χ3n) is 5.58. The molecule has 2 aromatic rings. The zero-order valence-electron chi connectivity index (χ0n) is 20.0. The minimum absolute atomic E-state index is 0.0323. The van der Waals surface area contributed by atoms with E-state index < -0.39 is 9.84 Å². The number of nitrogens with zero attached hydrogens (tertiary/aromatic N) is 2. The van der Waals surface area contributed by atoms with Gasteiger partial charge in [0.15, 0.2) is 9.84 Å². The third kappa shape index (κ3) is 6.92. The van der Waals surface area contributed by atoms with Crippen LogP contribution < -0.4 is 21.4 Å². The summed E-state index contributed by atoms with van der Waals surface area (Å²) in [5.74, 6) is -0.559. The Kier molecular flexibility index (Phi) is 8.29. The highest BCUT2D eigenvalue weighted by molar-refractivity contribution is 7.90. The fourth-order valence-corrected chi connectivity index (χ4v) is 4.11. The largest absolute Gasteiger partial charge is 0.393 e. The van der Waals surface area contributed by atoms with Gasteiger partial charge in [0.2, 0.25) is 0 Å². The van der Waals surface area contributed by atoms with Crippen molar-refractivity contribution >= 4 is 34.1 Å². The molecule has 0 bridgehead atoms. The summed E-state index contributed by atoms with van der Waals surface area (Å²) < 4.78 is 23.5. The van der Waals surface area contributed by atoms with Gasteiger partial charge in [-0.1, -0.05) is 12.1 Å². The topological polar surface area (TPSA) is 134 Å². The van der Waals surface area contributed by atoms with Gasteiger partial charge in [0.1, 0.15) is 5.70 Å². The van der Waals surface area contributed by atoms with Gasteiger partial charge >= 0.3 is 0 Å². The first-order valence-electron chi connectivity index (χ1n) is 11.4. The van der Waals surface area contributed by atoms with Crippen molar-refractivity contribution < 1.29 is 18.0 Å². The maximum atomic E-state index is 12.8. The van der Waals surface area contributed by atoms with Crippen molar-refractivity contribution in [2.24, 2.45) is 10.8 Å². The lowest BCUT2D eigenvalue weighted by atomic mass is 10.1. The summed E-state index contributed by atoms with van der Waals surface area (Å²) in [6, 6.07) is 13.5. The normalized spacial score (nSPS) is 14.0. The summed E-state index contributed by atoms with van der Waals surface area (Å²) in [5, 5.41) is 11.2. The molecule has 35 heavy (non-hydrogen) atoms. The minimum Gasteiger partial charge on any atom is -0.393 e. The first-order valence-corrected chi connectivity index (χ1v) is 13.3. The molecule has 0 unspecified atom stereocenters. The van der Waals surface area contributed by atoms with Crippen LogP contribution >= 0.6 is 0 Å². The fourth-order valence-electron chi connectivity index (χ4n) is 3.48. The van der Waals surface area contributed by atoms with E-state index in [1.165, 1.54) is 5.01 Å². The molecule has 186 valence electrons. The van der Waals surface area contributed by atoms with Gasteiger partial charge in [-0.25, -0.2) is 13.4 Å². The van der Waals surface area contributed by atoms with Gasteiger partial charge in [-0.2, -0.15) is 5.10 Å². The molecule has 0 spiro atoms. The van der Waals surface area contributed by atoms with Crippen LogP contribution in [0.2, 0.25) is 0 Å². The number of carbonyl (C=O) groups is 2. The predicted molar refractivity (Wildman–Crippen MR) is 137 cm³/mol. The Hall–Kier alpha value is -3.66. The van der Waals surface area contributed by atoms with E-state index in [4.69, 9.17) is 5.73 Å². The highest BCUT2D eigenvalue weighted by atomic mass is 32.2. The van der Waals surface area contributed by atoms with Crippen molar-refractivity contribution in [1.82, 2.24) is 10.6 Å². The van der Waals surface area contributed by atoms with Gasteiger partial charge in [0, 0.05) is 31.1 Å². The van der Waals surface area contributed by atoms with Crippen molar-refractivity contribution in [2.45, 2.75) is 43.5 Å². The monoisotopic (exact) mass is 497 g/mol. The molecule has 0 saturated heterocycles. The standard InChI is InChI=1S/C25H31N5O4S/c1-4-28-24(31)18-8-12-20(13-9-18)30(27-2)22(23(26)25(32)29-19-10-11-19)16-7-17-5-14-21(15-6-17)35(3,33)34/h5-6,8-9,12-15,19H,2,4,7,10-11,16,26H2,1,3H3,(H,28,31)(H,29,32)/b23-22-. The summed E-state index contributed by atoms with van der Waals surface area (Å²) in [6.45, 7) is 6.03. The smallest absolute Gasteiger partial charge is 0.269 e. The second kappa shape index (κ2) is 11.2. The number of hydrazone groups is 1. The Morgan fingerprint density at radius 3 is 2.26 bits per heavy atom. The molecule has 4 N–H and O–H groups in total. The summed E-state index contributed by atoms with van der Waals surface area (Å²) in [7, 11) is -3.29. The average molecular weight is 498 g/mol. The quantitative estimate of drug-likeness (QED) is 0.248. The van der Waals surface area contributed by atoms with E-state index in [9.17, 15) is 18.0 Å². The summed E-state index contributed by atoms with van der Waals surface area (Å²) in [4.78, 5) is 25.1. The third-order valence-corrected chi connectivity index (χ3v) is 6.71. The van der Waals surface area contributed by atoms with Crippen LogP contribution in [0.25, 0.3) is 0 Å². The van der Waals surface area contributed by atoms with Crippen molar-refractivity contribution in [1.29, 1.82) is 0 Å². The number of sulfone groups is 1. The van der Waals surface area contributed by atoms with Crippen molar-refractivity contribution in [3.63, 3.8) is 0 Å². The molecule has 1 saturated carbocycles. The van der Waals surface area contributed by atoms with Crippen molar-refractivity contribution in [3.05, 3.63) is 71.1 Å². The molecule has 0 heterocycles. The molecule has 1 aliphatic rings. The number of amides is 2. The van der Waals surface area contributed by atoms with E-state index in [-0.39, 0.29) is 28.4 Å². The highest BCUT2D eigenvalue weighted by Gasteiger charge is 2.26. The van der Waals surface area contributed by atoms with Gasteiger partial charge < -0.3 is 16.4 Å². The van der Waals surface area contributed by atoms with E-state index in [0.717, 1.165) is 24.7 Å². The van der Waals surface area contributed by atoms with Crippen molar-refractivity contribution in [3.8, 4) is 0 Å². The van der Waals surface area contributed by atoms with Crippen LogP contribution in [0.3, 0.4) is 0 Å². The van der Waals surface area contributed by atoms with Gasteiger partial charge in [-0.3, -0.25) is 9.59 Å². The summed E-state index contributed by atoms with van der Waals surface area (Å²) >= 11 is 0. The molecule has 0 radical (unpaired) electrons. The number of hydrogen-bond donors (Lipinski definition) is 3. The summed E-state index contributed by atoms with van der Waals surface area (Å²) in [6.07, 6.45) is 3.84. The molecule has 10 heteroatoms. The molecule has 0 aliphatic heterocycles. The van der Waals surface area contributed by atoms with Crippen LogP contribution in [-0.2, 0) is 21.1 Å². The SMILES string of the molecule is C=NN(/C(CCc1ccc(S(C)(=O)=O)cc1)=C(\N)C(=O)NC1CC1)c1ccc(C(=O)NCC)cc1. The van der Waals surface area contributed by atoms with Crippen LogP contribution in [0.4, 0.5) is 5.69 Å². The molecular weight excluding hydrogens is 466 g/mol. The minimum atomic E-state index is -3.29. The zero-order valence-corrected chi connectivity index (χ0v) is 20.8. The number of anilines is 1. The molecule has 9 nitrogen and oxygen atoms in total. The zero-order chi connectivity index (χ0) is 25.6. The number of nitrogens with one attached hydrogen (secondary N) is 2. The van der Waals surface area contributed by atoms with Crippen LogP contribution in [0.15, 0.2) is 69.9 Å². The van der Waals surface area contributed by atoms with E-state index in [0.29, 0.717) is 36.3 Å². The molecule has 3 rings (SSSR count). The van der Waals surface area contributed by atoms with E-state index in [1.54, 1.807) is 48.5 Å². The van der Waals surface area contributed by atoms with Crippen LogP contribution in [0, 0.1) is 0 Å². The van der Waals surface area contributed by atoms with Crippen LogP contribution in [0.5, 0.6) is 0 Å². The molecule has 1 fully saturated rings. The van der Waals surface area contributed by atoms with E-state index in [1.807, 2.05) is 6.92 Å². The van der Waals surface area contributed by atoms with E-state index in [2.05, 4.69) is 22.5 Å². The lowest BCUT2D eigenvalue weighted by Gasteiger charge is -2.24. The van der Waals surface area contributed by atoms with Crippen LogP contribution in [0.1, 0.15) is 42.1 Å². The average Bonchev–Trinajstić information content (AvgIpc) is 3.65. The maximum absolute atomic E-state index is 12.8. The first-order chi connectivity index (χ1) is 16.6. The number of benzene rings is 2. The Labute approximate surface area is 206 Å². The molecule has 2 aromatic carbocycles. The molecular formula is C25H31N5O4S. The maximum Gasteiger partial charge on any atom is 0.269 e. The van der Waals surface area contributed by atoms with E-state index >= 15 is 0 Å². The Morgan fingerprint density at radius 1 is 1.11 bits per heavy atom. The predicted octanol–water partition coefficient (Wildman–Crippen LogP) is 2.34. The Morgan fingerprint density at radius 2 is 1.74 bits per heavy atom.